The summed E-state index contributed by atoms with van der Waals surface area (Å²) in [5.74, 6) is -0.0722. The molecule has 0 radical (unpaired) electrons. The highest BCUT2D eigenvalue weighted by atomic mass is 19.1. The second-order valence-corrected chi connectivity index (χ2v) is 3.55. The topological polar surface area (TPSA) is 32.7 Å². The number of rotatable bonds is 6. The van der Waals surface area contributed by atoms with Crippen molar-refractivity contribution in [3.05, 3.63) is 24.0 Å². The van der Waals surface area contributed by atoms with Gasteiger partial charge in [-0.15, -0.1) is 0 Å². The molecule has 0 aliphatic carbocycles. The maximum Gasteiger partial charge on any atom is 0.167 e. The molecule has 0 saturated carbocycles. The first kappa shape index (κ1) is 12.8. The lowest BCUT2D eigenvalue weighted by atomic mass is 10.2. The van der Waals surface area contributed by atoms with E-state index in [9.17, 15) is 4.39 Å². The highest BCUT2D eigenvalue weighted by Gasteiger charge is 2.06. The van der Waals surface area contributed by atoms with Crippen LogP contribution in [0.2, 0.25) is 0 Å². The first-order chi connectivity index (χ1) is 7.69. The maximum atomic E-state index is 13.5. The molecule has 1 N–H and O–H groups in total. The molecule has 0 spiro atoms. The molecule has 0 aliphatic heterocycles. The van der Waals surface area contributed by atoms with Crippen molar-refractivity contribution < 1.29 is 14.2 Å². The van der Waals surface area contributed by atoms with Crippen LogP contribution in [0.1, 0.15) is 13.3 Å². The Morgan fingerprint density at radius 1 is 1.44 bits per heavy atom. The zero-order chi connectivity index (χ0) is 12.0. The minimum atomic E-state index is -0.352. The number of aliphatic hydroxyl groups excluding tert-OH is 1. The van der Waals surface area contributed by atoms with Crippen molar-refractivity contribution >= 4 is 5.69 Å². The van der Waals surface area contributed by atoms with Gasteiger partial charge in [0.2, 0.25) is 0 Å². The lowest BCUT2D eigenvalue weighted by Crippen LogP contribution is -2.19. The van der Waals surface area contributed by atoms with Crippen molar-refractivity contribution in [1.82, 2.24) is 0 Å². The maximum absolute atomic E-state index is 13.5. The van der Waals surface area contributed by atoms with Gasteiger partial charge in [0.15, 0.2) is 11.6 Å². The fourth-order valence-corrected chi connectivity index (χ4v) is 1.44. The first-order valence-corrected chi connectivity index (χ1v) is 5.43. The Hall–Kier alpha value is -1.29. The van der Waals surface area contributed by atoms with E-state index < -0.39 is 0 Å². The summed E-state index contributed by atoms with van der Waals surface area (Å²) in [6.45, 7) is 3.12. The summed E-state index contributed by atoms with van der Waals surface area (Å²) in [4.78, 5) is 1.90. The van der Waals surface area contributed by atoms with Gasteiger partial charge in [-0.25, -0.2) is 4.39 Å². The molecular weight excluding hydrogens is 209 g/mol. The lowest BCUT2D eigenvalue weighted by Gasteiger charge is -2.19. The van der Waals surface area contributed by atoms with E-state index in [-0.39, 0.29) is 18.2 Å². The summed E-state index contributed by atoms with van der Waals surface area (Å²) in [5, 5.41) is 8.71. The Morgan fingerprint density at radius 3 is 2.75 bits per heavy atom. The molecule has 0 heterocycles. The molecule has 4 heteroatoms. The minimum Gasteiger partial charge on any atom is -0.491 e. The van der Waals surface area contributed by atoms with E-state index in [2.05, 4.69) is 0 Å². The van der Waals surface area contributed by atoms with Crippen molar-refractivity contribution in [2.75, 3.05) is 31.7 Å². The number of ether oxygens (including phenoxy) is 1. The molecule has 1 rings (SSSR count). The summed E-state index contributed by atoms with van der Waals surface area (Å²) < 4.78 is 18.6. The number of hydrogen-bond donors (Lipinski definition) is 1. The predicted molar refractivity (Wildman–Crippen MR) is 62.5 cm³/mol. The molecular formula is C12H18FNO2. The molecule has 0 aromatic heterocycles. The third-order valence-electron chi connectivity index (χ3n) is 2.31. The van der Waals surface area contributed by atoms with Gasteiger partial charge in [0.1, 0.15) is 0 Å². The van der Waals surface area contributed by atoms with Gasteiger partial charge in [-0.3, -0.25) is 0 Å². The van der Waals surface area contributed by atoms with Crippen LogP contribution in [-0.2, 0) is 0 Å². The minimum absolute atomic E-state index is 0.143. The van der Waals surface area contributed by atoms with Gasteiger partial charge >= 0.3 is 0 Å². The highest BCUT2D eigenvalue weighted by Crippen LogP contribution is 2.23. The van der Waals surface area contributed by atoms with Gasteiger partial charge in [0.25, 0.3) is 0 Å². The van der Waals surface area contributed by atoms with E-state index in [1.54, 1.807) is 6.07 Å². The van der Waals surface area contributed by atoms with Crippen molar-refractivity contribution in [3.63, 3.8) is 0 Å². The Balaban J connectivity index is 2.71. The summed E-state index contributed by atoms with van der Waals surface area (Å²) >= 11 is 0. The van der Waals surface area contributed by atoms with Crippen LogP contribution in [0, 0.1) is 5.82 Å². The normalized spacial score (nSPS) is 10.2. The standard InChI is InChI=1S/C12H18FNO2/c1-3-16-12-6-5-10(9-11(12)13)14(2)7-4-8-15/h5-6,9,15H,3-4,7-8H2,1-2H3. The third kappa shape index (κ3) is 3.38. The van der Waals surface area contributed by atoms with E-state index >= 15 is 0 Å². The highest BCUT2D eigenvalue weighted by molar-refractivity contribution is 5.49. The van der Waals surface area contributed by atoms with E-state index in [4.69, 9.17) is 9.84 Å². The van der Waals surface area contributed by atoms with Gasteiger partial charge < -0.3 is 14.7 Å². The molecule has 16 heavy (non-hydrogen) atoms. The molecule has 3 nitrogen and oxygen atoms in total. The lowest BCUT2D eigenvalue weighted by molar-refractivity contribution is 0.290. The van der Waals surface area contributed by atoms with Crippen molar-refractivity contribution in [1.29, 1.82) is 0 Å². The molecule has 90 valence electrons. The van der Waals surface area contributed by atoms with Crippen LogP contribution >= 0.6 is 0 Å². The summed E-state index contributed by atoms with van der Waals surface area (Å²) in [6, 6.07) is 4.89. The first-order valence-electron chi connectivity index (χ1n) is 5.43. The molecule has 0 aliphatic rings. The van der Waals surface area contributed by atoms with Gasteiger partial charge in [-0.2, -0.15) is 0 Å². The van der Waals surface area contributed by atoms with E-state index in [1.807, 2.05) is 24.9 Å². The second-order valence-electron chi connectivity index (χ2n) is 3.55. The van der Waals surface area contributed by atoms with Gasteiger partial charge in [0, 0.05) is 32.0 Å². The van der Waals surface area contributed by atoms with E-state index in [0.29, 0.717) is 19.6 Å². The molecule has 0 amide bonds. The van der Waals surface area contributed by atoms with Crippen LogP contribution in [0.25, 0.3) is 0 Å². The predicted octanol–water partition coefficient (Wildman–Crippen LogP) is 2.04. The average molecular weight is 227 g/mol. The smallest absolute Gasteiger partial charge is 0.167 e. The molecule has 1 aromatic carbocycles. The van der Waals surface area contributed by atoms with Crippen LogP contribution in [0.4, 0.5) is 10.1 Å². The molecule has 0 atom stereocenters. The number of anilines is 1. The SMILES string of the molecule is CCOc1ccc(N(C)CCCO)cc1F. The largest absolute Gasteiger partial charge is 0.491 e. The fourth-order valence-electron chi connectivity index (χ4n) is 1.44. The Kier molecular flexibility index (Phi) is 5.05. The van der Waals surface area contributed by atoms with Crippen LogP contribution in [0.5, 0.6) is 5.75 Å². The molecule has 0 saturated heterocycles. The summed E-state index contributed by atoms with van der Waals surface area (Å²) in [6.07, 6.45) is 0.672. The quantitative estimate of drug-likeness (QED) is 0.807. The van der Waals surface area contributed by atoms with Gasteiger partial charge in [-0.1, -0.05) is 0 Å². The Morgan fingerprint density at radius 2 is 2.19 bits per heavy atom. The van der Waals surface area contributed by atoms with Crippen LogP contribution in [0.15, 0.2) is 18.2 Å². The van der Waals surface area contributed by atoms with Crippen molar-refractivity contribution in [2.45, 2.75) is 13.3 Å². The Bertz CT molecular complexity index is 331. The summed E-state index contributed by atoms with van der Waals surface area (Å²) in [7, 11) is 1.87. The molecule has 0 bridgehead atoms. The number of aliphatic hydroxyl groups is 1. The van der Waals surface area contributed by atoms with Gasteiger partial charge in [-0.05, 0) is 25.5 Å². The molecule has 0 unspecified atom stereocenters. The number of nitrogens with zero attached hydrogens (tertiary/aromatic N) is 1. The molecule has 1 aromatic rings. The second kappa shape index (κ2) is 6.33. The molecule has 0 fully saturated rings. The number of hydrogen-bond acceptors (Lipinski definition) is 3. The van der Waals surface area contributed by atoms with Crippen LogP contribution < -0.4 is 9.64 Å². The number of halogens is 1. The van der Waals surface area contributed by atoms with E-state index in [0.717, 1.165) is 5.69 Å². The average Bonchev–Trinajstić information content (AvgIpc) is 2.29. The summed E-state index contributed by atoms with van der Waals surface area (Å²) in [5.41, 5.74) is 0.786. The van der Waals surface area contributed by atoms with Crippen molar-refractivity contribution in [2.24, 2.45) is 0 Å². The zero-order valence-electron chi connectivity index (χ0n) is 9.74. The van der Waals surface area contributed by atoms with Gasteiger partial charge in [0.05, 0.1) is 6.61 Å². The zero-order valence-corrected chi connectivity index (χ0v) is 9.74. The van der Waals surface area contributed by atoms with Crippen LogP contribution in [0.3, 0.4) is 0 Å². The monoisotopic (exact) mass is 227 g/mol. The van der Waals surface area contributed by atoms with Crippen LogP contribution in [-0.4, -0.2) is 31.9 Å². The Labute approximate surface area is 95.5 Å². The fraction of sp³-hybridized carbons (Fsp3) is 0.500. The number of benzene rings is 1. The van der Waals surface area contributed by atoms with E-state index in [1.165, 1.54) is 6.07 Å². The third-order valence-corrected chi connectivity index (χ3v) is 2.31. The van der Waals surface area contributed by atoms with Crippen molar-refractivity contribution in [3.8, 4) is 5.75 Å².